The first-order valence-corrected chi connectivity index (χ1v) is 7.59. The van der Waals surface area contributed by atoms with Gasteiger partial charge >= 0.3 is 0 Å². The third kappa shape index (κ3) is 4.92. The molecule has 1 amide bonds. The number of nitrogens with zero attached hydrogens (tertiary/aromatic N) is 2. The number of nitrogens with one attached hydrogen (secondary N) is 1. The van der Waals surface area contributed by atoms with Gasteiger partial charge in [0.05, 0.1) is 0 Å². The van der Waals surface area contributed by atoms with Crippen LogP contribution >= 0.6 is 23.7 Å². The molecule has 1 saturated heterocycles. The van der Waals surface area contributed by atoms with E-state index in [9.17, 15) is 4.79 Å². The summed E-state index contributed by atoms with van der Waals surface area (Å²) in [6.45, 7) is 6.80. The SMILES string of the molecule is CC(C)C(=O)NC1CCN(Cc2cnc(N)s2)CC1.Cl. The molecule has 20 heavy (non-hydrogen) atoms. The number of amides is 1. The molecule has 0 spiro atoms. The number of hydrogen-bond acceptors (Lipinski definition) is 5. The van der Waals surface area contributed by atoms with E-state index in [1.54, 1.807) is 11.3 Å². The lowest BCUT2D eigenvalue weighted by Gasteiger charge is -2.32. The first-order valence-electron chi connectivity index (χ1n) is 6.77. The number of aromatic nitrogens is 1. The highest BCUT2D eigenvalue weighted by atomic mass is 35.5. The number of hydrogen-bond donors (Lipinski definition) is 2. The molecular weight excluding hydrogens is 296 g/mol. The molecule has 1 aliphatic heterocycles. The standard InChI is InChI=1S/C13H22N4OS.ClH/c1-9(2)12(18)16-10-3-5-17(6-4-10)8-11-7-15-13(14)19-11;/h7,9-10H,3-6,8H2,1-2H3,(H2,14,15)(H,16,18);1H. The Balaban J connectivity index is 0.00000200. The number of piperidine rings is 1. The zero-order chi connectivity index (χ0) is 13.8. The molecule has 3 N–H and O–H groups in total. The fourth-order valence-corrected chi connectivity index (χ4v) is 2.95. The Morgan fingerprint density at radius 2 is 2.20 bits per heavy atom. The highest BCUT2D eigenvalue weighted by Gasteiger charge is 2.21. The van der Waals surface area contributed by atoms with Crippen molar-refractivity contribution in [1.82, 2.24) is 15.2 Å². The van der Waals surface area contributed by atoms with E-state index in [2.05, 4.69) is 15.2 Å². The van der Waals surface area contributed by atoms with Crippen molar-refractivity contribution < 1.29 is 4.79 Å². The molecule has 2 rings (SSSR count). The molecule has 0 unspecified atom stereocenters. The van der Waals surface area contributed by atoms with E-state index in [4.69, 9.17) is 5.73 Å². The smallest absolute Gasteiger partial charge is 0.222 e. The van der Waals surface area contributed by atoms with Gasteiger partial charge in [0.15, 0.2) is 5.13 Å². The van der Waals surface area contributed by atoms with Gasteiger partial charge in [-0.1, -0.05) is 13.8 Å². The summed E-state index contributed by atoms with van der Waals surface area (Å²) in [5, 5.41) is 3.74. The van der Waals surface area contributed by atoms with Crippen molar-refractivity contribution in [3.8, 4) is 0 Å². The summed E-state index contributed by atoms with van der Waals surface area (Å²) in [6.07, 6.45) is 3.89. The largest absolute Gasteiger partial charge is 0.375 e. The van der Waals surface area contributed by atoms with Crippen molar-refractivity contribution in [3.05, 3.63) is 11.1 Å². The number of carbonyl (C=O) groups excluding carboxylic acids is 1. The average molecular weight is 319 g/mol. The van der Waals surface area contributed by atoms with Crippen LogP contribution in [0.5, 0.6) is 0 Å². The van der Waals surface area contributed by atoms with Crippen LogP contribution in [-0.4, -0.2) is 34.9 Å². The zero-order valence-electron chi connectivity index (χ0n) is 12.0. The lowest BCUT2D eigenvalue weighted by atomic mass is 10.0. The van der Waals surface area contributed by atoms with Crippen molar-refractivity contribution in [2.75, 3.05) is 18.8 Å². The highest BCUT2D eigenvalue weighted by Crippen LogP contribution is 2.19. The Morgan fingerprint density at radius 3 is 2.70 bits per heavy atom. The van der Waals surface area contributed by atoms with Crippen molar-refractivity contribution in [3.63, 3.8) is 0 Å². The van der Waals surface area contributed by atoms with Gasteiger partial charge in [0.1, 0.15) is 0 Å². The van der Waals surface area contributed by atoms with Crippen LogP contribution in [0.15, 0.2) is 6.20 Å². The molecule has 0 saturated carbocycles. The van der Waals surface area contributed by atoms with Crippen LogP contribution in [0.4, 0.5) is 5.13 Å². The van der Waals surface area contributed by atoms with Gasteiger partial charge in [-0.2, -0.15) is 0 Å². The highest BCUT2D eigenvalue weighted by molar-refractivity contribution is 7.15. The number of likely N-dealkylation sites (tertiary alicyclic amines) is 1. The second kappa shape index (κ2) is 7.81. The van der Waals surface area contributed by atoms with Gasteiger partial charge in [-0.15, -0.1) is 23.7 Å². The predicted molar refractivity (Wildman–Crippen MR) is 85.1 cm³/mol. The maximum atomic E-state index is 11.6. The van der Waals surface area contributed by atoms with Gasteiger partial charge in [-0.3, -0.25) is 9.69 Å². The predicted octanol–water partition coefficient (Wildman–Crippen LogP) is 1.88. The molecule has 2 heterocycles. The van der Waals surface area contributed by atoms with E-state index in [0.717, 1.165) is 32.5 Å². The second-order valence-electron chi connectivity index (χ2n) is 5.38. The topological polar surface area (TPSA) is 71.2 Å². The number of carbonyl (C=O) groups is 1. The van der Waals surface area contributed by atoms with E-state index in [1.165, 1.54) is 4.88 Å². The number of rotatable bonds is 4. The summed E-state index contributed by atoms with van der Waals surface area (Å²) in [7, 11) is 0. The van der Waals surface area contributed by atoms with E-state index in [1.807, 2.05) is 20.0 Å². The Bertz CT molecular complexity index is 430. The third-order valence-corrected chi connectivity index (χ3v) is 4.22. The number of nitrogens with two attached hydrogens (primary N) is 1. The first kappa shape index (κ1) is 17.2. The molecule has 0 aromatic carbocycles. The van der Waals surface area contributed by atoms with Crippen LogP contribution < -0.4 is 11.1 Å². The first-order chi connectivity index (χ1) is 9.04. The molecule has 0 aliphatic carbocycles. The van der Waals surface area contributed by atoms with E-state index in [-0.39, 0.29) is 24.2 Å². The Labute approximate surface area is 130 Å². The van der Waals surface area contributed by atoms with Crippen LogP contribution in [0.3, 0.4) is 0 Å². The van der Waals surface area contributed by atoms with E-state index < -0.39 is 0 Å². The fourth-order valence-electron chi connectivity index (χ4n) is 2.22. The van der Waals surface area contributed by atoms with Crippen LogP contribution in [0.2, 0.25) is 0 Å². The van der Waals surface area contributed by atoms with Crippen LogP contribution in [0.25, 0.3) is 0 Å². The van der Waals surface area contributed by atoms with Crippen molar-refractivity contribution in [1.29, 1.82) is 0 Å². The van der Waals surface area contributed by atoms with E-state index in [0.29, 0.717) is 11.2 Å². The van der Waals surface area contributed by atoms with Crippen LogP contribution in [0, 0.1) is 5.92 Å². The minimum Gasteiger partial charge on any atom is -0.375 e. The Hall–Kier alpha value is -0.850. The number of thiazole rings is 1. The fraction of sp³-hybridized carbons (Fsp3) is 0.692. The summed E-state index contributed by atoms with van der Waals surface area (Å²) >= 11 is 1.55. The van der Waals surface area contributed by atoms with Crippen molar-refractivity contribution in [2.45, 2.75) is 39.3 Å². The summed E-state index contributed by atoms with van der Waals surface area (Å²) in [5.41, 5.74) is 5.63. The van der Waals surface area contributed by atoms with Crippen molar-refractivity contribution >= 4 is 34.8 Å². The quantitative estimate of drug-likeness (QED) is 0.889. The van der Waals surface area contributed by atoms with Gasteiger partial charge in [-0.25, -0.2) is 4.98 Å². The van der Waals surface area contributed by atoms with Gasteiger partial charge in [0, 0.05) is 42.7 Å². The molecule has 0 atom stereocenters. The normalized spacial score (nSPS) is 16.9. The van der Waals surface area contributed by atoms with Crippen molar-refractivity contribution in [2.24, 2.45) is 5.92 Å². The summed E-state index contributed by atoms with van der Waals surface area (Å²) in [4.78, 5) is 19.3. The van der Waals surface area contributed by atoms with Gasteiger partial charge in [0.25, 0.3) is 0 Å². The molecule has 0 bridgehead atoms. The molecule has 7 heteroatoms. The molecule has 1 aromatic rings. The molecule has 1 fully saturated rings. The molecule has 5 nitrogen and oxygen atoms in total. The Kier molecular flexibility index (Phi) is 6.71. The lowest BCUT2D eigenvalue weighted by molar-refractivity contribution is -0.125. The minimum atomic E-state index is 0. The maximum absolute atomic E-state index is 11.6. The molecule has 1 aromatic heterocycles. The monoisotopic (exact) mass is 318 g/mol. The summed E-state index contributed by atoms with van der Waals surface area (Å²) in [5.74, 6) is 0.229. The molecule has 0 radical (unpaired) electrons. The second-order valence-corrected chi connectivity index (χ2v) is 6.53. The zero-order valence-corrected chi connectivity index (χ0v) is 13.6. The summed E-state index contributed by atoms with van der Waals surface area (Å²) < 4.78 is 0. The van der Waals surface area contributed by atoms with E-state index >= 15 is 0 Å². The Morgan fingerprint density at radius 1 is 1.55 bits per heavy atom. The molecule has 1 aliphatic rings. The van der Waals surface area contributed by atoms with Gasteiger partial charge in [-0.05, 0) is 12.8 Å². The average Bonchev–Trinajstić information content (AvgIpc) is 2.77. The third-order valence-electron chi connectivity index (χ3n) is 3.41. The maximum Gasteiger partial charge on any atom is 0.222 e. The number of anilines is 1. The van der Waals surface area contributed by atoms with Gasteiger partial charge < -0.3 is 11.1 Å². The summed E-state index contributed by atoms with van der Waals surface area (Å²) in [6, 6.07) is 0.331. The number of nitrogen functional groups attached to an aromatic ring is 1. The molecular formula is C13H23ClN4OS. The lowest BCUT2D eigenvalue weighted by Crippen LogP contribution is -2.45. The number of halogens is 1. The minimum absolute atomic E-state index is 0. The van der Waals surface area contributed by atoms with Crippen LogP contribution in [-0.2, 0) is 11.3 Å². The van der Waals surface area contributed by atoms with Crippen LogP contribution in [0.1, 0.15) is 31.6 Å². The molecule has 114 valence electrons. The van der Waals surface area contributed by atoms with Gasteiger partial charge in [0.2, 0.25) is 5.91 Å².